The summed E-state index contributed by atoms with van der Waals surface area (Å²) in [5.41, 5.74) is 1.36. The van der Waals surface area contributed by atoms with Crippen LogP contribution < -0.4 is 0 Å². The minimum absolute atomic E-state index is 0.154. The maximum Gasteiger partial charge on any atom is 0.274 e. The van der Waals surface area contributed by atoms with E-state index in [4.69, 9.17) is 5.26 Å². The molecule has 98 valence electrons. The minimum atomic E-state index is -0.191. The van der Waals surface area contributed by atoms with Gasteiger partial charge in [-0.2, -0.15) is 10.4 Å². The standard InChI is InChI=1S/C14H16N4O/c1-10(8-15)9-17(2)14(19)13-11-6-4-5-7-12(11)18(3)16-13/h4-7,10H,9H2,1-3H3. The van der Waals surface area contributed by atoms with Crippen LogP contribution in [0.4, 0.5) is 0 Å². The Bertz CT molecular complexity index is 653. The van der Waals surface area contributed by atoms with E-state index in [1.165, 1.54) is 0 Å². The summed E-state index contributed by atoms with van der Waals surface area (Å²) in [4.78, 5) is 13.9. The highest BCUT2D eigenvalue weighted by molar-refractivity contribution is 6.04. The van der Waals surface area contributed by atoms with Gasteiger partial charge < -0.3 is 4.90 Å². The Morgan fingerprint density at radius 2 is 2.21 bits per heavy atom. The molecule has 2 aromatic rings. The van der Waals surface area contributed by atoms with E-state index in [-0.39, 0.29) is 11.8 Å². The molecule has 1 heterocycles. The molecule has 0 fully saturated rings. The van der Waals surface area contributed by atoms with E-state index < -0.39 is 0 Å². The molecule has 19 heavy (non-hydrogen) atoms. The van der Waals surface area contributed by atoms with Crippen molar-refractivity contribution in [1.29, 1.82) is 5.26 Å². The first kappa shape index (κ1) is 13.1. The van der Waals surface area contributed by atoms with Crippen LogP contribution in [0.3, 0.4) is 0 Å². The van der Waals surface area contributed by atoms with E-state index in [0.717, 1.165) is 10.9 Å². The molecule has 0 bridgehead atoms. The first-order valence-electron chi connectivity index (χ1n) is 6.11. The third-order valence-electron chi connectivity index (χ3n) is 3.08. The summed E-state index contributed by atoms with van der Waals surface area (Å²) in [6.07, 6.45) is 0. The maximum atomic E-state index is 12.4. The van der Waals surface area contributed by atoms with Crippen LogP contribution in [0.2, 0.25) is 0 Å². The second-order valence-electron chi connectivity index (χ2n) is 4.71. The Kier molecular flexibility index (Phi) is 3.52. The third kappa shape index (κ3) is 2.43. The number of aromatic nitrogens is 2. The molecule has 0 saturated carbocycles. The van der Waals surface area contributed by atoms with Crippen molar-refractivity contribution in [2.75, 3.05) is 13.6 Å². The molecule has 0 aliphatic rings. The van der Waals surface area contributed by atoms with Crippen LogP contribution in [0.15, 0.2) is 24.3 Å². The van der Waals surface area contributed by atoms with E-state index in [0.29, 0.717) is 12.2 Å². The molecule has 0 aliphatic carbocycles. The van der Waals surface area contributed by atoms with Gasteiger partial charge in [0.25, 0.3) is 5.91 Å². The molecule has 1 amide bonds. The van der Waals surface area contributed by atoms with Crippen LogP contribution in [0.5, 0.6) is 0 Å². The topological polar surface area (TPSA) is 61.9 Å². The summed E-state index contributed by atoms with van der Waals surface area (Å²) in [6.45, 7) is 2.19. The number of amides is 1. The van der Waals surface area contributed by atoms with Crippen molar-refractivity contribution in [3.8, 4) is 6.07 Å². The molecule has 1 unspecified atom stereocenters. The summed E-state index contributed by atoms with van der Waals surface area (Å²) in [5.74, 6) is -0.345. The Morgan fingerprint density at radius 3 is 2.89 bits per heavy atom. The van der Waals surface area contributed by atoms with Crippen LogP contribution >= 0.6 is 0 Å². The summed E-state index contributed by atoms with van der Waals surface area (Å²) in [6, 6.07) is 9.74. The molecule has 0 N–H and O–H groups in total. The molecule has 0 aliphatic heterocycles. The lowest BCUT2D eigenvalue weighted by molar-refractivity contribution is 0.0780. The second-order valence-corrected chi connectivity index (χ2v) is 4.71. The van der Waals surface area contributed by atoms with Gasteiger partial charge >= 0.3 is 0 Å². The van der Waals surface area contributed by atoms with Crippen molar-refractivity contribution >= 4 is 16.8 Å². The molecular weight excluding hydrogens is 240 g/mol. The molecule has 0 spiro atoms. The lowest BCUT2D eigenvalue weighted by Gasteiger charge is -2.17. The predicted octanol–water partition coefficient (Wildman–Crippen LogP) is 1.80. The number of hydrogen-bond acceptors (Lipinski definition) is 3. The Labute approximate surface area is 112 Å². The molecule has 5 heteroatoms. The van der Waals surface area contributed by atoms with Gasteiger partial charge in [0.05, 0.1) is 17.5 Å². The van der Waals surface area contributed by atoms with Gasteiger partial charge in [-0.15, -0.1) is 0 Å². The number of nitrogens with zero attached hydrogens (tertiary/aromatic N) is 4. The highest BCUT2D eigenvalue weighted by Gasteiger charge is 2.20. The summed E-state index contributed by atoms with van der Waals surface area (Å²) >= 11 is 0. The van der Waals surface area contributed by atoms with Gasteiger partial charge in [0.2, 0.25) is 0 Å². The number of carbonyl (C=O) groups is 1. The number of nitriles is 1. The van der Waals surface area contributed by atoms with Crippen molar-refractivity contribution in [2.24, 2.45) is 13.0 Å². The van der Waals surface area contributed by atoms with E-state index in [2.05, 4.69) is 11.2 Å². The van der Waals surface area contributed by atoms with Gasteiger partial charge in [0.1, 0.15) is 0 Å². The smallest absolute Gasteiger partial charge is 0.274 e. The normalized spacial score (nSPS) is 12.1. The van der Waals surface area contributed by atoms with E-state index in [1.807, 2.05) is 31.3 Å². The van der Waals surface area contributed by atoms with Crippen LogP contribution in [0.1, 0.15) is 17.4 Å². The Morgan fingerprint density at radius 1 is 1.53 bits per heavy atom. The lowest BCUT2D eigenvalue weighted by Crippen LogP contribution is -2.31. The first-order chi connectivity index (χ1) is 9.04. The predicted molar refractivity (Wildman–Crippen MR) is 72.5 cm³/mol. The maximum absolute atomic E-state index is 12.4. The van der Waals surface area contributed by atoms with Gasteiger partial charge in [-0.3, -0.25) is 9.48 Å². The number of hydrogen-bond donors (Lipinski definition) is 0. The van der Waals surface area contributed by atoms with E-state index >= 15 is 0 Å². The molecule has 0 saturated heterocycles. The van der Waals surface area contributed by atoms with Gasteiger partial charge in [-0.1, -0.05) is 18.2 Å². The molecule has 1 aromatic carbocycles. The molecule has 1 aromatic heterocycles. The number of aryl methyl sites for hydroxylation is 1. The first-order valence-corrected chi connectivity index (χ1v) is 6.11. The van der Waals surface area contributed by atoms with Gasteiger partial charge in [-0.05, 0) is 13.0 Å². The summed E-state index contributed by atoms with van der Waals surface area (Å²) < 4.78 is 1.70. The number of rotatable bonds is 3. The van der Waals surface area contributed by atoms with Gasteiger partial charge in [0, 0.05) is 26.0 Å². The number of para-hydroxylation sites is 1. The van der Waals surface area contributed by atoms with Crippen molar-refractivity contribution in [3.05, 3.63) is 30.0 Å². The van der Waals surface area contributed by atoms with Gasteiger partial charge in [0.15, 0.2) is 5.69 Å². The van der Waals surface area contributed by atoms with E-state index in [1.54, 1.807) is 23.6 Å². The van der Waals surface area contributed by atoms with Crippen LogP contribution in [-0.4, -0.2) is 34.2 Å². The quantitative estimate of drug-likeness (QED) is 0.841. The van der Waals surface area contributed by atoms with Gasteiger partial charge in [-0.25, -0.2) is 0 Å². The van der Waals surface area contributed by atoms with E-state index in [9.17, 15) is 4.79 Å². The van der Waals surface area contributed by atoms with Crippen LogP contribution in [0, 0.1) is 17.2 Å². The number of benzene rings is 1. The second kappa shape index (κ2) is 5.11. The number of carbonyl (C=O) groups excluding carboxylic acids is 1. The summed E-state index contributed by atoms with van der Waals surface area (Å²) in [7, 11) is 3.51. The fraction of sp³-hybridized carbons (Fsp3) is 0.357. The average Bonchev–Trinajstić information content (AvgIpc) is 2.75. The Balaban J connectivity index is 2.35. The average molecular weight is 256 g/mol. The molecule has 0 radical (unpaired) electrons. The van der Waals surface area contributed by atoms with Crippen LogP contribution in [-0.2, 0) is 7.05 Å². The summed E-state index contributed by atoms with van der Waals surface area (Å²) in [5, 5.41) is 13.9. The molecule has 1 atom stereocenters. The van der Waals surface area contributed by atoms with Crippen molar-refractivity contribution in [2.45, 2.75) is 6.92 Å². The zero-order valence-electron chi connectivity index (χ0n) is 11.3. The minimum Gasteiger partial charge on any atom is -0.339 e. The lowest BCUT2D eigenvalue weighted by atomic mass is 10.1. The third-order valence-corrected chi connectivity index (χ3v) is 3.08. The van der Waals surface area contributed by atoms with Crippen LogP contribution in [0.25, 0.3) is 10.9 Å². The SMILES string of the molecule is CC(C#N)CN(C)C(=O)c1nn(C)c2ccccc12. The molecule has 5 nitrogen and oxygen atoms in total. The zero-order valence-corrected chi connectivity index (χ0v) is 11.3. The molecule has 2 rings (SSSR count). The number of fused-ring (bicyclic) bond motifs is 1. The molecular formula is C14H16N4O. The highest BCUT2D eigenvalue weighted by atomic mass is 16.2. The zero-order chi connectivity index (χ0) is 14.0. The monoisotopic (exact) mass is 256 g/mol. The largest absolute Gasteiger partial charge is 0.339 e. The fourth-order valence-electron chi connectivity index (χ4n) is 2.09. The highest BCUT2D eigenvalue weighted by Crippen LogP contribution is 2.18. The fourth-order valence-corrected chi connectivity index (χ4v) is 2.09. The van der Waals surface area contributed by atoms with Crippen molar-refractivity contribution in [1.82, 2.24) is 14.7 Å². The van der Waals surface area contributed by atoms with Crippen molar-refractivity contribution < 1.29 is 4.79 Å². The van der Waals surface area contributed by atoms with Crippen molar-refractivity contribution in [3.63, 3.8) is 0 Å². The Hall–Kier alpha value is -2.35.